The average molecular weight is 347 g/mol. The lowest BCUT2D eigenvalue weighted by Gasteiger charge is -2.22. The molecule has 0 aromatic heterocycles. The molecule has 0 aliphatic carbocycles. The van der Waals surface area contributed by atoms with Crippen LogP contribution in [0.15, 0.2) is 23.3 Å². The van der Waals surface area contributed by atoms with Crippen LogP contribution < -0.4 is 14.8 Å². The van der Waals surface area contributed by atoms with Crippen molar-refractivity contribution in [3.8, 4) is 11.5 Å². The van der Waals surface area contributed by atoms with E-state index < -0.39 is 17.7 Å². The summed E-state index contributed by atoms with van der Waals surface area (Å²) in [6.07, 6.45) is 3.55. The lowest BCUT2D eigenvalue weighted by Crippen LogP contribution is -2.35. The average Bonchev–Trinajstić information content (AvgIpc) is 3.20. The van der Waals surface area contributed by atoms with Gasteiger partial charge in [0, 0.05) is 13.1 Å². The molecule has 1 atom stereocenters. The van der Waals surface area contributed by atoms with Crippen LogP contribution in [0.5, 0.6) is 11.5 Å². The fourth-order valence-electron chi connectivity index (χ4n) is 2.72. The first-order valence-corrected chi connectivity index (χ1v) is 8.59. The van der Waals surface area contributed by atoms with Gasteiger partial charge >= 0.3 is 6.09 Å². The molecule has 1 aromatic rings. The van der Waals surface area contributed by atoms with E-state index in [1.165, 1.54) is 0 Å². The summed E-state index contributed by atoms with van der Waals surface area (Å²) in [5, 5.41) is 9.39. The van der Waals surface area contributed by atoms with Crippen LogP contribution in [0.4, 0.5) is 4.79 Å². The maximum Gasteiger partial charge on any atom is 0.408 e. The van der Waals surface area contributed by atoms with E-state index in [4.69, 9.17) is 14.2 Å². The highest BCUT2D eigenvalue weighted by molar-refractivity contribution is 5.77. The molecule has 3 rings (SSSR count). The molecule has 1 N–H and O–H groups in total. The molecular weight excluding hydrogens is 322 g/mol. The predicted octanol–water partition coefficient (Wildman–Crippen LogP) is 3.06. The zero-order valence-corrected chi connectivity index (χ0v) is 14.9. The van der Waals surface area contributed by atoms with Gasteiger partial charge < -0.3 is 19.5 Å². The molecule has 0 spiro atoms. The number of ether oxygens (including phenoxy) is 3. The zero-order chi connectivity index (χ0) is 17.9. The van der Waals surface area contributed by atoms with Crippen molar-refractivity contribution < 1.29 is 19.0 Å². The Labute approximate surface area is 147 Å². The van der Waals surface area contributed by atoms with Gasteiger partial charge in [0.05, 0.1) is 12.3 Å². The second kappa shape index (κ2) is 7.21. The third kappa shape index (κ3) is 4.78. The Morgan fingerprint density at radius 3 is 2.72 bits per heavy atom. The van der Waals surface area contributed by atoms with Crippen LogP contribution >= 0.6 is 0 Å². The lowest BCUT2D eigenvalue weighted by atomic mass is 10.1. The molecule has 136 valence electrons. The lowest BCUT2D eigenvalue weighted by molar-refractivity contribution is 0.0518. The number of hydrogen-bond donors (Lipinski definition) is 1. The second-order valence-electron chi connectivity index (χ2n) is 7.16. The van der Waals surface area contributed by atoms with Crippen LogP contribution in [-0.4, -0.2) is 42.8 Å². The van der Waals surface area contributed by atoms with Crippen molar-refractivity contribution in [1.29, 1.82) is 0 Å². The van der Waals surface area contributed by atoms with E-state index in [1.807, 2.05) is 44.0 Å². The summed E-state index contributed by atoms with van der Waals surface area (Å²) in [5.74, 6) is 1.37. The van der Waals surface area contributed by atoms with Crippen LogP contribution in [0.1, 0.15) is 45.2 Å². The summed E-state index contributed by atoms with van der Waals surface area (Å²) in [6.45, 7) is 7.60. The SMILES string of the molecule is CC(C)(C)OC(=O)N[C@H](/C=N/N1CCCC1)c1ccc2c(c1)OCO2. The van der Waals surface area contributed by atoms with E-state index in [9.17, 15) is 4.79 Å². The minimum Gasteiger partial charge on any atom is -0.454 e. The Bertz CT molecular complexity index is 648. The molecule has 1 aromatic carbocycles. The fraction of sp³-hybridized carbons (Fsp3) is 0.556. The van der Waals surface area contributed by atoms with Gasteiger partial charge in [-0.05, 0) is 51.3 Å². The number of amides is 1. The number of rotatable bonds is 4. The fourth-order valence-corrected chi connectivity index (χ4v) is 2.72. The molecule has 0 saturated carbocycles. The van der Waals surface area contributed by atoms with E-state index in [2.05, 4.69) is 10.4 Å². The first-order valence-electron chi connectivity index (χ1n) is 8.59. The molecule has 0 radical (unpaired) electrons. The predicted molar refractivity (Wildman–Crippen MR) is 94.0 cm³/mol. The molecule has 7 nitrogen and oxygen atoms in total. The van der Waals surface area contributed by atoms with Crippen molar-refractivity contribution in [2.24, 2.45) is 5.10 Å². The molecule has 2 heterocycles. The standard InChI is InChI=1S/C18H25N3O4/c1-18(2,3)25-17(22)20-14(11-19-21-8-4-5-9-21)13-6-7-15-16(10-13)24-12-23-15/h6-7,10-11,14H,4-5,8-9,12H2,1-3H3,(H,20,22)/b19-11+/t14-/m1/s1. The third-order valence-corrected chi connectivity index (χ3v) is 3.89. The maximum absolute atomic E-state index is 12.2. The molecule has 7 heteroatoms. The van der Waals surface area contributed by atoms with Gasteiger partial charge in [0.1, 0.15) is 5.60 Å². The van der Waals surface area contributed by atoms with Gasteiger partial charge in [-0.25, -0.2) is 4.79 Å². The Hall–Kier alpha value is -2.44. The second-order valence-corrected chi connectivity index (χ2v) is 7.16. The van der Waals surface area contributed by atoms with Crippen molar-refractivity contribution in [3.63, 3.8) is 0 Å². The molecule has 0 bridgehead atoms. The molecule has 2 aliphatic heterocycles. The number of nitrogens with one attached hydrogen (secondary N) is 1. The van der Waals surface area contributed by atoms with Gasteiger partial charge in [-0.3, -0.25) is 5.01 Å². The van der Waals surface area contributed by atoms with Gasteiger partial charge in [0.2, 0.25) is 6.79 Å². The quantitative estimate of drug-likeness (QED) is 0.848. The van der Waals surface area contributed by atoms with Crippen LogP contribution in [0.25, 0.3) is 0 Å². The van der Waals surface area contributed by atoms with Crippen molar-refractivity contribution in [2.45, 2.75) is 45.3 Å². The largest absolute Gasteiger partial charge is 0.454 e. The first kappa shape index (κ1) is 17.4. The normalized spacial score (nSPS) is 17.8. The smallest absolute Gasteiger partial charge is 0.408 e. The maximum atomic E-state index is 12.2. The molecule has 25 heavy (non-hydrogen) atoms. The Kier molecular flexibility index (Phi) is 5.01. The van der Waals surface area contributed by atoms with E-state index in [0.29, 0.717) is 11.5 Å². The molecule has 1 amide bonds. The first-order chi connectivity index (χ1) is 11.9. The summed E-state index contributed by atoms with van der Waals surface area (Å²) in [7, 11) is 0. The number of hydrogen-bond acceptors (Lipinski definition) is 6. The summed E-state index contributed by atoms with van der Waals surface area (Å²) in [5.41, 5.74) is 0.299. The number of hydrazone groups is 1. The Morgan fingerprint density at radius 2 is 2.00 bits per heavy atom. The summed E-state index contributed by atoms with van der Waals surface area (Å²) in [6, 6.07) is 5.18. The van der Waals surface area contributed by atoms with E-state index in [0.717, 1.165) is 31.5 Å². The van der Waals surface area contributed by atoms with Gasteiger partial charge in [-0.15, -0.1) is 0 Å². The van der Waals surface area contributed by atoms with Gasteiger partial charge in [-0.1, -0.05) is 6.07 Å². The zero-order valence-electron chi connectivity index (χ0n) is 14.9. The number of carbonyl (C=O) groups excluding carboxylic acids is 1. The van der Waals surface area contributed by atoms with Crippen molar-refractivity contribution in [3.05, 3.63) is 23.8 Å². The number of carbonyl (C=O) groups is 1. The highest BCUT2D eigenvalue weighted by Crippen LogP contribution is 2.34. The summed E-state index contributed by atoms with van der Waals surface area (Å²) in [4.78, 5) is 12.2. The van der Waals surface area contributed by atoms with Crippen LogP contribution in [-0.2, 0) is 4.74 Å². The van der Waals surface area contributed by atoms with Crippen LogP contribution in [0.3, 0.4) is 0 Å². The highest BCUT2D eigenvalue weighted by Gasteiger charge is 2.22. The minimum atomic E-state index is -0.560. The number of nitrogens with zero attached hydrogens (tertiary/aromatic N) is 2. The van der Waals surface area contributed by atoms with Crippen molar-refractivity contribution in [1.82, 2.24) is 10.3 Å². The van der Waals surface area contributed by atoms with E-state index in [-0.39, 0.29) is 6.79 Å². The topological polar surface area (TPSA) is 72.4 Å². The van der Waals surface area contributed by atoms with Crippen LogP contribution in [0.2, 0.25) is 0 Å². The molecule has 1 saturated heterocycles. The molecule has 2 aliphatic rings. The Morgan fingerprint density at radius 1 is 1.28 bits per heavy atom. The number of fused-ring (bicyclic) bond motifs is 1. The molecular formula is C18H25N3O4. The number of alkyl carbamates (subject to hydrolysis) is 1. The molecule has 1 fully saturated rings. The highest BCUT2D eigenvalue weighted by atomic mass is 16.7. The van der Waals surface area contributed by atoms with E-state index in [1.54, 1.807) is 6.21 Å². The minimum absolute atomic E-state index is 0.213. The van der Waals surface area contributed by atoms with E-state index >= 15 is 0 Å². The third-order valence-electron chi connectivity index (χ3n) is 3.89. The molecule has 0 unspecified atom stereocenters. The summed E-state index contributed by atoms with van der Waals surface area (Å²) >= 11 is 0. The van der Waals surface area contributed by atoms with Gasteiger partial charge in [0.15, 0.2) is 11.5 Å². The monoisotopic (exact) mass is 347 g/mol. The van der Waals surface area contributed by atoms with Crippen molar-refractivity contribution in [2.75, 3.05) is 19.9 Å². The summed E-state index contributed by atoms with van der Waals surface area (Å²) < 4.78 is 16.1. The Balaban J connectivity index is 1.77. The number of benzene rings is 1. The van der Waals surface area contributed by atoms with Crippen molar-refractivity contribution >= 4 is 12.3 Å². The van der Waals surface area contributed by atoms with Gasteiger partial charge in [0.25, 0.3) is 0 Å². The van der Waals surface area contributed by atoms with Gasteiger partial charge in [-0.2, -0.15) is 5.10 Å². The van der Waals surface area contributed by atoms with Crippen LogP contribution in [0, 0.1) is 0 Å².